The molecule has 0 aliphatic heterocycles. The first-order valence-electron chi connectivity index (χ1n) is 3.44. The van der Waals surface area contributed by atoms with Gasteiger partial charge in [-0.3, -0.25) is 0 Å². The van der Waals surface area contributed by atoms with Crippen LogP contribution in [0.5, 0.6) is 0 Å². The van der Waals surface area contributed by atoms with Gasteiger partial charge in [-0.2, -0.15) is 0 Å². The summed E-state index contributed by atoms with van der Waals surface area (Å²) in [4.78, 5) is 0. The van der Waals surface area contributed by atoms with Crippen molar-refractivity contribution >= 4 is 30.0 Å². The zero-order chi connectivity index (χ0) is 7.56. The first-order valence-corrected chi connectivity index (χ1v) is 7.42. The van der Waals surface area contributed by atoms with E-state index in [0.717, 1.165) is 0 Å². The van der Waals surface area contributed by atoms with E-state index in [2.05, 4.69) is 36.3 Å². The molecule has 0 bridgehead atoms. The molecule has 0 spiro atoms. The standard InChI is InChI=1S/C8H9.CH2.In/c1-7-4-3-5-8(2)6-7;;/h3-5H,1-2H3;1H2;. The van der Waals surface area contributed by atoms with Crippen molar-refractivity contribution in [3.05, 3.63) is 29.3 Å². The van der Waals surface area contributed by atoms with Crippen molar-refractivity contribution in [2.24, 2.45) is 0 Å². The van der Waals surface area contributed by atoms with E-state index in [9.17, 15) is 0 Å². The van der Waals surface area contributed by atoms with Gasteiger partial charge >= 0.3 is 73.2 Å². The molecular formula is C9H11In. The van der Waals surface area contributed by atoms with Crippen molar-refractivity contribution in [2.75, 3.05) is 0 Å². The molecule has 0 atom stereocenters. The van der Waals surface area contributed by atoms with Crippen molar-refractivity contribution in [3.63, 3.8) is 0 Å². The van der Waals surface area contributed by atoms with Gasteiger partial charge in [0.1, 0.15) is 0 Å². The molecule has 0 aliphatic carbocycles. The Balaban J connectivity index is 3.30. The van der Waals surface area contributed by atoms with Crippen LogP contribution in [0.3, 0.4) is 0 Å². The summed E-state index contributed by atoms with van der Waals surface area (Å²) in [6.45, 7) is 4.36. The summed E-state index contributed by atoms with van der Waals surface area (Å²) >= 11 is -0.628. The van der Waals surface area contributed by atoms with Crippen LogP contribution in [0.25, 0.3) is 0 Å². The van der Waals surface area contributed by atoms with Crippen molar-refractivity contribution in [1.29, 1.82) is 0 Å². The van der Waals surface area contributed by atoms with Crippen LogP contribution in [0, 0.1) is 13.8 Å². The normalized spacial score (nSPS) is 9.00. The molecule has 1 rings (SSSR count). The summed E-state index contributed by atoms with van der Waals surface area (Å²) in [5.74, 6) is 0. The molecule has 0 heterocycles. The average molecular weight is 234 g/mol. The Kier molecular flexibility index (Phi) is 2.72. The molecule has 0 saturated heterocycles. The zero-order valence-corrected chi connectivity index (χ0v) is 9.81. The maximum absolute atomic E-state index is 4.07. The van der Waals surface area contributed by atoms with Crippen LogP contribution >= 0.6 is 0 Å². The summed E-state index contributed by atoms with van der Waals surface area (Å²) in [5, 5.41) is 0. The maximum atomic E-state index is 4.07. The summed E-state index contributed by atoms with van der Waals surface area (Å²) in [5.41, 5.74) is 2.88. The molecule has 0 aliphatic rings. The van der Waals surface area contributed by atoms with E-state index in [1.54, 1.807) is 3.32 Å². The predicted molar refractivity (Wildman–Crippen MR) is 48.4 cm³/mol. The van der Waals surface area contributed by atoms with Gasteiger partial charge in [0.25, 0.3) is 0 Å². The Bertz CT molecular complexity index is 231. The van der Waals surface area contributed by atoms with Crippen LogP contribution in [0.4, 0.5) is 0 Å². The van der Waals surface area contributed by atoms with Crippen LogP contribution in [0.1, 0.15) is 11.1 Å². The molecule has 0 fully saturated rings. The van der Waals surface area contributed by atoms with Crippen molar-refractivity contribution < 1.29 is 0 Å². The molecule has 0 radical (unpaired) electrons. The van der Waals surface area contributed by atoms with Gasteiger partial charge in [-0.1, -0.05) is 0 Å². The van der Waals surface area contributed by atoms with Crippen molar-refractivity contribution in [2.45, 2.75) is 13.8 Å². The zero-order valence-electron chi connectivity index (χ0n) is 6.52. The molecule has 0 aromatic heterocycles. The summed E-state index contributed by atoms with van der Waals surface area (Å²) < 4.78 is 5.65. The van der Waals surface area contributed by atoms with Gasteiger partial charge in [0, 0.05) is 0 Å². The fourth-order valence-corrected chi connectivity index (χ4v) is 3.54. The van der Waals surface area contributed by atoms with Crippen molar-refractivity contribution in [1.82, 2.24) is 0 Å². The first-order chi connectivity index (χ1) is 4.75. The van der Waals surface area contributed by atoms with E-state index in [1.807, 2.05) is 0 Å². The number of hydrogen-bond donors (Lipinski definition) is 0. The van der Waals surface area contributed by atoms with Gasteiger partial charge in [-0.05, 0) is 0 Å². The van der Waals surface area contributed by atoms with Crippen molar-refractivity contribution in [3.8, 4) is 0 Å². The number of hydrogen-bond acceptors (Lipinski definition) is 0. The SMILES string of the molecule is [CH2]=[In][c]1c(C)cccc1C. The van der Waals surface area contributed by atoms with E-state index in [-0.39, 0.29) is 0 Å². The summed E-state index contributed by atoms with van der Waals surface area (Å²) in [7, 11) is 0. The number of aryl methyl sites for hydroxylation is 2. The Morgan fingerprint density at radius 3 is 2.00 bits per heavy atom. The van der Waals surface area contributed by atoms with Crippen LogP contribution in [0.15, 0.2) is 18.2 Å². The monoisotopic (exact) mass is 234 g/mol. The minimum atomic E-state index is -0.628. The van der Waals surface area contributed by atoms with E-state index in [1.165, 1.54) is 11.1 Å². The van der Waals surface area contributed by atoms with E-state index in [0.29, 0.717) is 0 Å². The third-order valence-electron chi connectivity index (χ3n) is 1.75. The molecule has 0 saturated carbocycles. The van der Waals surface area contributed by atoms with Gasteiger partial charge in [0.2, 0.25) is 0 Å². The second kappa shape index (κ2) is 3.38. The Labute approximate surface area is 73.1 Å². The number of benzene rings is 1. The van der Waals surface area contributed by atoms with Gasteiger partial charge < -0.3 is 0 Å². The van der Waals surface area contributed by atoms with Crippen LogP contribution < -0.4 is 3.32 Å². The average Bonchev–Trinajstić information content (AvgIpc) is 1.88. The second-order valence-corrected chi connectivity index (χ2v) is 5.32. The molecule has 0 nitrogen and oxygen atoms in total. The van der Waals surface area contributed by atoms with Gasteiger partial charge in [0.15, 0.2) is 0 Å². The molecule has 50 valence electrons. The summed E-state index contributed by atoms with van der Waals surface area (Å²) in [6, 6.07) is 6.48. The third kappa shape index (κ3) is 1.51. The molecule has 10 heavy (non-hydrogen) atoms. The fourth-order valence-electron chi connectivity index (χ4n) is 1.15. The first kappa shape index (κ1) is 8.06. The van der Waals surface area contributed by atoms with Crippen LogP contribution in [0.2, 0.25) is 0 Å². The molecular weight excluding hydrogens is 223 g/mol. The Morgan fingerprint density at radius 2 is 1.70 bits per heavy atom. The molecule has 0 amide bonds. The molecule has 0 unspecified atom stereocenters. The molecule has 1 aromatic carbocycles. The molecule has 1 aromatic rings. The number of rotatable bonds is 1. The summed E-state index contributed by atoms with van der Waals surface area (Å²) in [6.07, 6.45) is 0. The van der Waals surface area contributed by atoms with Crippen LogP contribution in [-0.4, -0.2) is 26.7 Å². The predicted octanol–water partition coefficient (Wildman–Crippen LogP) is 1.06. The topological polar surface area (TPSA) is 0 Å². The quantitative estimate of drug-likeness (QED) is 0.681. The van der Waals surface area contributed by atoms with E-state index in [4.69, 9.17) is 0 Å². The Hall–Kier alpha value is -0.0399. The van der Waals surface area contributed by atoms with Crippen LogP contribution in [-0.2, 0) is 0 Å². The van der Waals surface area contributed by atoms with Gasteiger partial charge in [-0.15, -0.1) is 0 Å². The third-order valence-corrected chi connectivity index (χ3v) is 5.51. The second-order valence-electron chi connectivity index (χ2n) is 2.51. The van der Waals surface area contributed by atoms with E-state index >= 15 is 0 Å². The van der Waals surface area contributed by atoms with E-state index < -0.39 is 22.4 Å². The van der Waals surface area contributed by atoms with Gasteiger partial charge in [-0.25, -0.2) is 0 Å². The molecule has 0 N–H and O–H groups in total. The van der Waals surface area contributed by atoms with Gasteiger partial charge in [0.05, 0.1) is 0 Å². The Morgan fingerprint density at radius 1 is 1.20 bits per heavy atom. The fraction of sp³-hybridized carbons (Fsp3) is 0.222. The minimum absolute atomic E-state index is 0.628. The molecule has 1 heteroatoms.